The monoisotopic (exact) mass is 327 g/mol. The Hall–Kier alpha value is -2.11. The van der Waals surface area contributed by atoms with Crippen molar-refractivity contribution in [3.63, 3.8) is 0 Å². The molecule has 0 aliphatic carbocycles. The van der Waals surface area contributed by atoms with Crippen LogP contribution in [-0.4, -0.2) is 41.8 Å². The summed E-state index contributed by atoms with van der Waals surface area (Å²) in [6.07, 6.45) is 0.0395. The minimum atomic E-state index is -0.746. The van der Waals surface area contributed by atoms with Gasteiger partial charge in [0.05, 0.1) is 25.2 Å². The molecule has 2 aromatic rings. The van der Waals surface area contributed by atoms with Crippen LogP contribution in [0.4, 0.5) is 0 Å². The van der Waals surface area contributed by atoms with Crippen LogP contribution < -0.4 is 0 Å². The smallest absolute Gasteiger partial charge is 0.309 e. The van der Waals surface area contributed by atoms with Crippen LogP contribution >= 0.6 is 0 Å². The van der Waals surface area contributed by atoms with E-state index in [2.05, 4.69) is 36.1 Å². The molecule has 5 heteroatoms. The molecule has 5 nitrogen and oxygen atoms in total. The Morgan fingerprint density at radius 2 is 2.00 bits per heavy atom. The molecule has 1 aromatic carbocycles. The average molecular weight is 327 g/mol. The molecule has 126 valence electrons. The fraction of sp³-hybridized carbons (Fsp3) is 0.421. The van der Waals surface area contributed by atoms with Crippen molar-refractivity contribution in [3.05, 3.63) is 47.7 Å². The van der Waals surface area contributed by atoms with E-state index in [0.29, 0.717) is 13.2 Å². The van der Waals surface area contributed by atoms with Crippen LogP contribution in [0.3, 0.4) is 0 Å². The summed E-state index contributed by atoms with van der Waals surface area (Å²) in [6, 6.07) is 12.3. The maximum absolute atomic E-state index is 11.3. The number of likely N-dealkylation sites (tertiary alicyclic amines) is 1. The summed E-state index contributed by atoms with van der Waals surface area (Å²) in [5.74, 6) is 0.735. The molecule has 0 unspecified atom stereocenters. The van der Waals surface area contributed by atoms with Gasteiger partial charge < -0.3 is 14.3 Å². The molecule has 2 aliphatic rings. The minimum absolute atomic E-state index is 0.0395. The third-order valence-electron chi connectivity index (χ3n) is 5.09. The maximum Gasteiger partial charge on any atom is 0.309 e. The zero-order chi connectivity index (χ0) is 16.7. The number of carboxylic acids is 1. The molecule has 2 saturated heterocycles. The first-order chi connectivity index (χ1) is 11.6. The number of nitrogens with zero attached hydrogens (tertiary/aromatic N) is 1. The summed E-state index contributed by atoms with van der Waals surface area (Å²) >= 11 is 0. The van der Waals surface area contributed by atoms with E-state index < -0.39 is 5.97 Å². The van der Waals surface area contributed by atoms with Crippen molar-refractivity contribution in [2.45, 2.75) is 19.6 Å². The highest BCUT2D eigenvalue weighted by Crippen LogP contribution is 2.34. The highest BCUT2D eigenvalue weighted by atomic mass is 16.5. The molecule has 0 saturated carbocycles. The van der Waals surface area contributed by atoms with Crippen LogP contribution in [0.15, 0.2) is 40.8 Å². The number of aliphatic carboxylic acids is 1. The maximum atomic E-state index is 11.3. The largest absolute Gasteiger partial charge is 0.481 e. The Balaban J connectivity index is 1.42. The van der Waals surface area contributed by atoms with E-state index in [1.807, 2.05) is 12.1 Å². The third-order valence-corrected chi connectivity index (χ3v) is 5.09. The van der Waals surface area contributed by atoms with Gasteiger partial charge in [-0.05, 0) is 19.1 Å². The molecule has 24 heavy (non-hydrogen) atoms. The van der Waals surface area contributed by atoms with Gasteiger partial charge >= 0.3 is 5.97 Å². The second-order valence-electron chi connectivity index (χ2n) is 6.81. The number of ether oxygens (including phenoxy) is 1. The third kappa shape index (κ3) is 2.85. The van der Waals surface area contributed by atoms with Gasteiger partial charge in [0.25, 0.3) is 0 Å². The number of hydrogen-bond donors (Lipinski definition) is 1. The molecule has 1 aromatic heterocycles. The lowest BCUT2D eigenvalue weighted by molar-refractivity contribution is -0.142. The summed E-state index contributed by atoms with van der Waals surface area (Å²) in [6.45, 7) is 4.62. The number of carbonyl (C=O) groups is 1. The van der Waals surface area contributed by atoms with Crippen LogP contribution in [0, 0.1) is 18.8 Å². The van der Waals surface area contributed by atoms with E-state index in [-0.39, 0.29) is 17.9 Å². The lowest BCUT2D eigenvalue weighted by Crippen LogP contribution is -2.27. The lowest BCUT2D eigenvalue weighted by Gasteiger charge is -2.16. The van der Waals surface area contributed by atoms with E-state index in [1.165, 1.54) is 5.56 Å². The van der Waals surface area contributed by atoms with Crippen molar-refractivity contribution in [1.29, 1.82) is 0 Å². The van der Waals surface area contributed by atoms with Crippen LogP contribution in [0.2, 0.25) is 0 Å². The van der Waals surface area contributed by atoms with Crippen LogP contribution in [0.1, 0.15) is 11.3 Å². The average Bonchev–Trinajstić information content (AvgIpc) is 3.23. The molecule has 2 fully saturated rings. The van der Waals surface area contributed by atoms with Gasteiger partial charge in [-0.3, -0.25) is 9.69 Å². The molecule has 1 N–H and O–H groups in total. The van der Waals surface area contributed by atoms with Gasteiger partial charge in [-0.15, -0.1) is 0 Å². The van der Waals surface area contributed by atoms with Gasteiger partial charge in [-0.1, -0.05) is 29.8 Å². The quantitative estimate of drug-likeness (QED) is 0.935. The summed E-state index contributed by atoms with van der Waals surface area (Å²) in [5, 5.41) is 9.27. The molecule has 4 rings (SSSR count). The summed E-state index contributed by atoms with van der Waals surface area (Å²) in [4.78, 5) is 13.5. The lowest BCUT2D eigenvalue weighted by atomic mass is 9.93. The highest BCUT2D eigenvalue weighted by Gasteiger charge is 2.46. The van der Waals surface area contributed by atoms with Crippen molar-refractivity contribution >= 4 is 5.97 Å². The number of hydrogen-bond acceptors (Lipinski definition) is 4. The molecule has 3 heterocycles. The molecule has 3 atom stereocenters. The molecular formula is C19H21NO4. The number of aryl methyl sites for hydroxylation is 1. The number of rotatable bonds is 4. The van der Waals surface area contributed by atoms with E-state index in [4.69, 9.17) is 9.15 Å². The second-order valence-corrected chi connectivity index (χ2v) is 6.81. The van der Waals surface area contributed by atoms with Crippen molar-refractivity contribution < 1.29 is 19.1 Å². The fourth-order valence-electron chi connectivity index (χ4n) is 3.73. The van der Waals surface area contributed by atoms with Crippen LogP contribution in [0.5, 0.6) is 0 Å². The zero-order valence-corrected chi connectivity index (χ0v) is 13.6. The first kappa shape index (κ1) is 15.4. The topological polar surface area (TPSA) is 62.9 Å². The van der Waals surface area contributed by atoms with Crippen molar-refractivity contribution in [3.8, 4) is 11.3 Å². The van der Waals surface area contributed by atoms with Crippen LogP contribution in [0.25, 0.3) is 11.3 Å². The van der Waals surface area contributed by atoms with Gasteiger partial charge in [0.1, 0.15) is 11.5 Å². The predicted octanol–water partition coefficient (Wildman–Crippen LogP) is 2.79. The Morgan fingerprint density at radius 3 is 2.75 bits per heavy atom. The zero-order valence-electron chi connectivity index (χ0n) is 13.6. The number of fused-ring (bicyclic) bond motifs is 1. The van der Waals surface area contributed by atoms with E-state index in [0.717, 1.165) is 30.2 Å². The van der Waals surface area contributed by atoms with Gasteiger partial charge in [0, 0.05) is 24.6 Å². The van der Waals surface area contributed by atoms with Crippen molar-refractivity contribution in [2.75, 3.05) is 19.7 Å². The number of benzene rings is 1. The Bertz CT molecular complexity index is 736. The molecule has 2 aliphatic heterocycles. The molecule has 0 bridgehead atoms. The van der Waals surface area contributed by atoms with E-state index in [1.54, 1.807) is 0 Å². The van der Waals surface area contributed by atoms with Gasteiger partial charge in [-0.2, -0.15) is 0 Å². The second kappa shape index (κ2) is 6.07. The highest BCUT2D eigenvalue weighted by molar-refractivity contribution is 5.71. The SMILES string of the molecule is Cc1ccc(-c2ccc(CN3C[C@@H]4[C@H](C3)OC[C@@H]4C(=O)O)o2)cc1. The fourth-order valence-corrected chi connectivity index (χ4v) is 3.73. The minimum Gasteiger partial charge on any atom is -0.481 e. The Morgan fingerprint density at radius 1 is 1.21 bits per heavy atom. The summed E-state index contributed by atoms with van der Waals surface area (Å²) in [7, 11) is 0. The van der Waals surface area contributed by atoms with Gasteiger partial charge in [0.15, 0.2) is 0 Å². The predicted molar refractivity (Wildman–Crippen MR) is 88.5 cm³/mol. The molecular weight excluding hydrogens is 306 g/mol. The number of furan rings is 1. The van der Waals surface area contributed by atoms with E-state index >= 15 is 0 Å². The first-order valence-electron chi connectivity index (χ1n) is 8.32. The molecule has 0 radical (unpaired) electrons. The normalized spacial score (nSPS) is 26.6. The van der Waals surface area contributed by atoms with E-state index in [9.17, 15) is 9.90 Å². The summed E-state index contributed by atoms with van der Waals surface area (Å²) in [5.41, 5.74) is 2.29. The van der Waals surface area contributed by atoms with Crippen LogP contribution in [-0.2, 0) is 16.1 Å². The standard InChI is InChI=1S/C19H21NO4/c1-12-2-4-13(5-3-12)17-7-6-14(24-17)8-20-9-15-16(19(21)22)11-23-18(15)10-20/h2-7,15-16,18H,8-11H2,1H3,(H,21,22)/t15-,16-,18-/m0/s1. The molecule has 0 amide bonds. The molecule has 0 spiro atoms. The number of carboxylic acid groups (broad SMARTS) is 1. The first-order valence-corrected chi connectivity index (χ1v) is 8.32. The Kier molecular flexibility index (Phi) is 3.90. The van der Waals surface area contributed by atoms with Crippen molar-refractivity contribution in [2.24, 2.45) is 11.8 Å². The van der Waals surface area contributed by atoms with Gasteiger partial charge in [-0.25, -0.2) is 0 Å². The summed E-state index contributed by atoms with van der Waals surface area (Å²) < 4.78 is 11.6. The Labute approximate surface area is 140 Å². The van der Waals surface area contributed by atoms with Crippen molar-refractivity contribution in [1.82, 2.24) is 4.90 Å². The van der Waals surface area contributed by atoms with Gasteiger partial charge in [0.2, 0.25) is 0 Å².